The Kier molecular flexibility index (Phi) is 4.95. The van der Waals surface area contributed by atoms with Crippen molar-refractivity contribution in [3.8, 4) is 5.88 Å². The largest absolute Gasteiger partial charge is 0.473 e. The van der Waals surface area contributed by atoms with Crippen molar-refractivity contribution in [3.63, 3.8) is 0 Å². The van der Waals surface area contributed by atoms with Crippen molar-refractivity contribution in [2.75, 3.05) is 5.32 Å². The predicted octanol–water partition coefficient (Wildman–Crippen LogP) is 2.77. The summed E-state index contributed by atoms with van der Waals surface area (Å²) in [5, 5.41) is 3.20. The smallest absolute Gasteiger partial charge is 0.232 e. The van der Waals surface area contributed by atoms with Crippen molar-refractivity contribution in [1.82, 2.24) is 19.9 Å². The second-order valence-electron chi connectivity index (χ2n) is 5.62. The lowest BCUT2D eigenvalue weighted by atomic mass is 9.93. The first kappa shape index (κ1) is 15.6. The predicted molar refractivity (Wildman–Crippen MR) is 83.7 cm³/mol. The Morgan fingerprint density at radius 1 is 1.17 bits per heavy atom. The molecule has 2 aromatic rings. The van der Waals surface area contributed by atoms with Gasteiger partial charge in [-0.25, -0.2) is 19.3 Å². The van der Waals surface area contributed by atoms with Crippen LogP contribution in [0, 0.1) is 5.82 Å². The summed E-state index contributed by atoms with van der Waals surface area (Å²) in [6.07, 6.45) is 10.5. The van der Waals surface area contributed by atoms with Crippen LogP contribution in [-0.4, -0.2) is 32.1 Å². The minimum absolute atomic E-state index is 0.131. The van der Waals surface area contributed by atoms with E-state index in [2.05, 4.69) is 25.3 Å². The molecule has 1 fully saturated rings. The average molecular weight is 317 g/mol. The standard InChI is InChI=1S/C16H20FN5O/c1-2-13-15(17)16(21-10-20-13)22-11-3-5-12(6-4-11)23-14-9-18-7-8-19-14/h7-12H,2-6H2,1H3,(H,20,21,22). The summed E-state index contributed by atoms with van der Waals surface area (Å²) >= 11 is 0. The lowest BCUT2D eigenvalue weighted by molar-refractivity contribution is 0.143. The number of hydrogen-bond donors (Lipinski definition) is 1. The van der Waals surface area contributed by atoms with Gasteiger partial charge in [0.25, 0.3) is 0 Å². The molecule has 0 spiro atoms. The number of ether oxygens (including phenoxy) is 1. The van der Waals surface area contributed by atoms with Crippen LogP contribution >= 0.6 is 0 Å². The van der Waals surface area contributed by atoms with Crippen LogP contribution in [0.25, 0.3) is 0 Å². The molecule has 0 aromatic carbocycles. The summed E-state index contributed by atoms with van der Waals surface area (Å²) in [6.45, 7) is 1.88. The molecule has 0 unspecified atom stereocenters. The summed E-state index contributed by atoms with van der Waals surface area (Å²) in [6, 6.07) is 0.200. The maximum atomic E-state index is 14.2. The number of aryl methyl sites for hydroxylation is 1. The summed E-state index contributed by atoms with van der Waals surface area (Å²) in [5.41, 5.74) is 0.446. The third-order valence-corrected chi connectivity index (χ3v) is 4.04. The minimum atomic E-state index is -0.340. The molecule has 0 radical (unpaired) electrons. The number of anilines is 1. The first-order valence-electron chi connectivity index (χ1n) is 7.94. The van der Waals surface area contributed by atoms with Crippen molar-refractivity contribution in [3.05, 3.63) is 36.4 Å². The van der Waals surface area contributed by atoms with E-state index in [0.29, 0.717) is 23.8 Å². The lowest BCUT2D eigenvalue weighted by Crippen LogP contribution is -2.32. The zero-order valence-electron chi connectivity index (χ0n) is 13.1. The van der Waals surface area contributed by atoms with E-state index in [1.54, 1.807) is 18.6 Å². The van der Waals surface area contributed by atoms with Crippen LogP contribution in [0.4, 0.5) is 10.2 Å². The quantitative estimate of drug-likeness (QED) is 0.914. The topological polar surface area (TPSA) is 72.8 Å². The van der Waals surface area contributed by atoms with Gasteiger partial charge in [0.15, 0.2) is 11.6 Å². The molecule has 1 aliphatic carbocycles. The first-order valence-corrected chi connectivity index (χ1v) is 7.94. The van der Waals surface area contributed by atoms with Gasteiger partial charge >= 0.3 is 0 Å². The Morgan fingerprint density at radius 3 is 2.70 bits per heavy atom. The molecule has 1 N–H and O–H groups in total. The van der Waals surface area contributed by atoms with Crippen LogP contribution in [0.5, 0.6) is 5.88 Å². The van der Waals surface area contributed by atoms with E-state index in [-0.39, 0.29) is 18.0 Å². The molecule has 2 heterocycles. The molecule has 7 heteroatoms. The van der Waals surface area contributed by atoms with Gasteiger partial charge in [-0.15, -0.1) is 0 Å². The fraction of sp³-hybridized carbons (Fsp3) is 0.500. The van der Waals surface area contributed by atoms with Gasteiger partial charge in [0.05, 0.1) is 11.9 Å². The van der Waals surface area contributed by atoms with Gasteiger partial charge in [-0.2, -0.15) is 0 Å². The molecule has 0 amide bonds. The fourth-order valence-corrected chi connectivity index (χ4v) is 2.79. The number of nitrogens with one attached hydrogen (secondary N) is 1. The SMILES string of the molecule is CCc1ncnc(NC2CCC(Oc3cnccn3)CC2)c1F. The zero-order valence-corrected chi connectivity index (χ0v) is 13.1. The number of hydrogen-bond acceptors (Lipinski definition) is 6. The molecule has 3 rings (SSSR count). The monoisotopic (exact) mass is 317 g/mol. The van der Waals surface area contributed by atoms with Crippen molar-refractivity contribution in [2.24, 2.45) is 0 Å². The van der Waals surface area contributed by atoms with Gasteiger partial charge in [-0.1, -0.05) is 6.92 Å². The molecule has 2 aromatic heterocycles. The molecular weight excluding hydrogens is 297 g/mol. The van der Waals surface area contributed by atoms with Crippen LogP contribution in [0.15, 0.2) is 24.9 Å². The summed E-state index contributed by atoms with van der Waals surface area (Å²) in [7, 11) is 0. The molecule has 0 bridgehead atoms. The molecule has 0 aliphatic heterocycles. The Labute approximate surface area is 134 Å². The maximum absolute atomic E-state index is 14.2. The second-order valence-corrected chi connectivity index (χ2v) is 5.62. The Morgan fingerprint density at radius 2 is 2.00 bits per heavy atom. The highest BCUT2D eigenvalue weighted by atomic mass is 19.1. The van der Waals surface area contributed by atoms with Crippen LogP contribution < -0.4 is 10.1 Å². The highest BCUT2D eigenvalue weighted by molar-refractivity contribution is 5.38. The van der Waals surface area contributed by atoms with E-state index >= 15 is 0 Å². The van der Waals surface area contributed by atoms with Crippen molar-refractivity contribution >= 4 is 5.82 Å². The Balaban J connectivity index is 1.53. The summed E-state index contributed by atoms with van der Waals surface area (Å²) in [4.78, 5) is 16.1. The third kappa shape index (κ3) is 3.91. The van der Waals surface area contributed by atoms with E-state index in [9.17, 15) is 4.39 Å². The van der Waals surface area contributed by atoms with E-state index in [1.807, 2.05) is 6.92 Å². The molecule has 23 heavy (non-hydrogen) atoms. The lowest BCUT2D eigenvalue weighted by Gasteiger charge is -2.29. The molecule has 6 nitrogen and oxygen atoms in total. The number of nitrogens with zero attached hydrogens (tertiary/aromatic N) is 4. The molecule has 1 saturated carbocycles. The third-order valence-electron chi connectivity index (χ3n) is 4.04. The van der Waals surface area contributed by atoms with Gasteiger partial charge in [0.2, 0.25) is 5.88 Å². The molecular formula is C16H20FN5O. The van der Waals surface area contributed by atoms with E-state index in [1.165, 1.54) is 6.33 Å². The van der Waals surface area contributed by atoms with Gasteiger partial charge in [-0.3, -0.25) is 4.98 Å². The van der Waals surface area contributed by atoms with Crippen LogP contribution in [0.1, 0.15) is 38.3 Å². The molecule has 1 aliphatic rings. The van der Waals surface area contributed by atoms with Gasteiger partial charge < -0.3 is 10.1 Å². The first-order chi connectivity index (χ1) is 11.3. The van der Waals surface area contributed by atoms with Crippen LogP contribution in [0.3, 0.4) is 0 Å². The number of rotatable bonds is 5. The minimum Gasteiger partial charge on any atom is -0.473 e. The number of halogens is 1. The van der Waals surface area contributed by atoms with E-state index < -0.39 is 0 Å². The Bertz CT molecular complexity index is 632. The normalized spacial score (nSPS) is 21.0. The fourth-order valence-electron chi connectivity index (χ4n) is 2.79. The molecule has 122 valence electrons. The molecule has 0 saturated heterocycles. The average Bonchev–Trinajstić information content (AvgIpc) is 2.59. The van der Waals surface area contributed by atoms with Gasteiger partial charge in [0.1, 0.15) is 12.4 Å². The zero-order chi connectivity index (χ0) is 16.1. The van der Waals surface area contributed by atoms with E-state index in [4.69, 9.17) is 4.74 Å². The van der Waals surface area contributed by atoms with Crippen LogP contribution in [0.2, 0.25) is 0 Å². The summed E-state index contributed by atoms with van der Waals surface area (Å²) < 4.78 is 20.0. The van der Waals surface area contributed by atoms with Crippen molar-refractivity contribution in [1.29, 1.82) is 0 Å². The van der Waals surface area contributed by atoms with Gasteiger partial charge in [0, 0.05) is 18.4 Å². The highest BCUT2D eigenvalue weighted by Crippen LogP contribution is 2.25. The summed E-state index contributed by atoms with van der Waals surface area (Å²) in [5.74, 6) is 0.515. The second kappa shape index (κ2) is 7.30. The van der Waals surface area contributed by atoms with Crippen molar-refractivity contribution in [2.45, 2.75) is 51.2 Å². The van der Waals surface area contributed by atoms with Crippen LogP contribution in [-0.2, 0) is 6.42 Å². The Hall–Kier alpha value is -2.31. The molecule has 0 atom stereocenters. The van der Waals surface area contributed by atoms with Crippen molar-refractivity contribution < 1.29 is 9.13 Å². The number of aromatic nitrogens is 4. The van der Waals surface area contributed by atoms with E-state index in [0.717, 1.165) is 25.7 Å². The van der Waals surface area contributed by atoms with Gasteiger partial charge in [-0.05, 0) is 32.1 Å². The maximum Gasteiger partial charge on any atom is 0.232 e. The highest BCUT2D eigenvalue weighted by Gasteiger charge is 2.24.